The van der Waals surface area contributed by atoms with E-state index in [2.05, 4.69) is 54.3 Å². The Morgan fingerprint density at radius 3 is 2.11 bits per heavy atom. The van der Waals surface area contributed by atoms with Gasteiger partial charge in [-0.2, -0.15) is 0 Å². The maximum atomic E-state index is 3.43. The topological polar surface area (TPSA) is 0 Å². The summed E-state index contributed by atoms with van der Waals surface area (Å²) < 4.78 is 2.51. The van der Waals surface area contributed by atoms with Crippen molar-refractivity contribution < 1.29 is 0 Å². The summed E-state index contributed by atoms with van der Waals surface area (Å²) in [6.07, 6.45) is 0. The standard InChI is InChI=1S/C6H4Br2Se/c7-5-1-3-6(9-8)4-2-5/h1-4H. The van der Waals surface area contributed by atoms with Crippen LogP contribution in [0.4, 0.5) is 0 Å². The van der Waals surface area contributed by atoms with E-state index in [1.54, 1.807) is 0 Å². The molecule has 1 aromatic carbocycles. The summed E-state index contributed by atoms with van der Waals surface area (Å²) in [4.78, 5) is 0. The Bertz CT molecular complexity index is 183. The molecule has 0 aliphatic rings. The van der Waals surface area contributed by atoms with E-state index in [1.165, 1.54) is 4.46 Å². The number of rotatable bonds is 1. The van der Waals surface area contributed by atoms with Crippen molar-refractivity contribution in [1.29, 1.82) is 0 Å². The van der Waals surface area contributed by atoms with E-state index >= 15 is 0 Å². The second kappa shape index (κ2) is 3.77. The summed E-state index contributed by atoms with van der Waals surface area (Å²) in [6.45, 7) is 0. The van der Waals surface area contributed by atoms with Gasteiger partial charge in [0.15, 0.2) is 0 Å². The van der Waals surface area contributed by atoms with Crippen LogP contribution in [0.25, 0.3) is 0 Å². The zero-order chi connectivity index (χ0) is 6.69. The molecule has 0 bridgehead atoms. The molecule has 1 aromatic rings. The van der Waals surface area contributed by atoms with Gasteiger partial charge in [0.1, 0.15) is 0 Å². The van der Waals surface area contributed by atoms with E-state index in [1.807, 2.05) is 0 Å². The van der Waals surface area contributed by atoms with Crippen LogP contribution in [0.2, 0.25) is 0 Å². The Hall–Kier alpha value is 0.699. The molecule has 0 aliphatic carbocycles. The molecule has 0 spiro atoms. The van der Waals surface area contributed by atoms with Crippen LogP contribution in [0, 0.1) is 0 Å². The fourth-order valence-electron chi connectivity index (χ4n) is 0.486. The molecular weight excluding hydrogens is 311 g/mol. The van der Waals surface area contributed by atoms with Gasteiger partial charge in [-0.05, 0) is 0 Å². The molecule has 0 aliphatic heterocycles. The quantitative estimate of drug-likeness (QED) is 0.696. The summed E-state index contributed by atoms with van der Waals surface area (Å²) in [5.74, 6) is 0. The van der Waals surface area contributed by atoms with Crippen molar-refractivity contribution in [3.05, 3.63) is 28.7 Å². The van der Waals surface area contributed by atoms with Crippen LogP contribution in [0.15, 0.2) is 28.7 Å². The predicted octanol–water partition coefficient (Wildman–Crippen LogP) is 2.09. The van der Waals surface area contributed by atoms with Crippen LogP contribution in [-0.2, 0) is 0 Å². The van der Waals surface area contributed by atoms with Gasteiger partial charge in [0.05, 0.1) is 0 Å². The average Bonchev–Trinajstić information content (AvgIpc) is 1.90. The molecule has 0 saturated heterocycles. The van der Waals surface area contributed by atoms with Crippen molar-refractivity contribution in [2.75, 3.05) is 0 Å². The number of hydrogen-bond acceptors (Lipinski definition) is 0. The molecule has 48 valence electrons. The summed E-state index contributed by atoms with van der Waals surface area (Å²) in [5, 5.41) is 0. The normalized spacial score (nSPS) is 9.56. The van der Waals surface area contributed by atoms with Crippen molar-refractivity contribution in [2.24, 2.45) is 0 Å². The summed E-state index contributed by atoms with van der Waals surface area (Å²) in [7, 11) is 0. The molecule has 0 unspecified atom stereocenters. The zero-order valence-electron chi connectivity index (χ0n) is 4.47. The van der Waals surface area contributed by atoms with Gasteiger partial charge in [-0.15, -0.1) is 0 Å². The number of hydrogen-bond donors (Lipinski definition) is 0. The fraction of sp³-hybridized carbons (Fsp3) is 0. The van der Waals surface area contributed by atoms with Gasteiger partial charge in [-0.3, -0.25) is 0 Å². The molecule has 0 saturated carbocycles. The van der Waals surface area contributed by atoms with Crippen LogP contribution < -0.4 is 4.46 Å². The molecular formula is C6H4Br2Se. The van der Waals surface area contributed by atoms with E-state index in [0.717, 1.165) is 4.47 Å². The first-order valence-corrected chi connectivity index (χ1v) is 8.03. The monoisotopic (exact) mass is 314 g/mol. The summed E-state index contributed by atoms with van der Waals surface area (Å²) in [6, 6.07) is 8.33. The van der Waals surface area contributed by atoms with Gasteiger partial charge in [0, 0.05) is 0 Å². The fourth-order valence-corrected chi connectivity index (χ4v) is 2.37. The zero-order valence-corrected chi connectivity index (χ0v) is 9.36. The Morgan fingerprint density at radius 1 is 1.11 bits per heavy atom. The Kier molecular flexibility index (Phi) is 3.27. The maximum absolute atomic E-state index is 3.43. The Morgan fingerprint density at radius 2 is 1.67 bits per heavy atom. The van der Waals surface area contributed by atoms with Crippen molar-refractivity contribution in [3.63, 3.8) is 0 Å². The summed E-state index contributed by atoms with van der Waals surface area (Å²) >= 11 is 7.25. The SMILES string of the molecule is Br[Se]c1ccc(Br)cc1. The van der Waals surface area contributed by atoms with E-state index in [0.29, 0.717) is 13.1 Å². The first-order chi connectivity index (χ1) is 4.33. The van der Waals surface area contributed by atoms with E-state index in [4.69, 9.17) is 0 Å². The molecule has 0 nitrogen and oxygen atoms in total. The van der Waals surface area contributed by atoms with Gasteiger partial charge >= 0.3 is 76.4 Å². The number of halogens is 2. The minimum absolute atomic E-state index is 0.452. The third kappa shape index (κ3) is 2.42. The predicted molar refractivity (Wildman–Crippen MR) is 48.5 cm³/mol. The van der Waals surface area contributed by atoms with Gasteiger partial charge < -0.3 is 0 Å². The van der Waals surface area contributed by atoms with E-state index < -0.39 is 0 Å². The Labute approximate surface area is 76.0 Å². The molecule has 0 fully saturated rings. The third-order valence-corrected chi connectivity index (χ3v) is 4.32. The van der Waals surface area contributed by atoms with Gasteiger partial charge in [-0.1, -0.05) is 0 Å². The van der Waals surface area contributed by atoms with E-state index in [9.17, 15) is 0 Å². The second-order valence-corrected chi connectivity index (χ2v) is 5.44. The molecule has 0 N–H and O–H groups in total. The van der Waals surface area contributed by atoms with Crippen LogP contribution in [0.3, 0.4) is 0 Å². The van der Waals surface area contributed by atoms with Crippen molar-refractivity contribution in [2.45, 2.75) is 0 Å². The van der Waals surface area contributed by atoms with Crippen molar-refractivity contribution in [3.8, 4) is 0 Å². The molecule has 0 aromatic heterocycles. The molecule has 1 rings (SSSR count). The van der Waals surface area contributed by atoms with Crippen molar-refractivity contribution >= 4 is 47.7 Å². The molecule has 0 radical (unpaired) electrons. The molecule has 0 amide bonds. The van der Waals surface area contributed by atoms with Crippen molar-refractivity contribution in [1.82, 2.24) is 0 Å². The average molecular weight is 315 g/mol. The van der Waals surface area contributed by atoms with Gasteiger partial charge in [0.25, 0.3) is 0 Å². The first kappa shape index (κ1) is 7.80. The van der Waals surface area contributed by atoms with Crippen LogP contribution in [0.1, 0.15) is 0 Å². The summed E-state index contributed by atoms with van der Waals surface area (Å²) in [5.41, 5.74) is 0. The van der Waals surface area contributed by atoms with Crippen LogP contribution in [-0.4, -0.2) is 13.1 Å². The van der Waals surface area contributed by atoms with E-state index in [-0.39, 0.29) is 0 Å². The van der Waals surface area contributed by atoms with Gasteiger partial charge in [0.2, 0.25) is 0 Å². The third-order valence-electron chi connectivity index (χ3n) is 0.903. The number of benzene rings is 1. The molecule has 0 atom stereocenters. The minimum atomic E-state index is 0.452. The molecule has 3 heteroatoms. The van der Waals surface area contributed by atoms with Crippen LogP contribution >= 0.6 is 30.0 Å². The first-order valence-electron chi connectivity index (χ1n) is 2.37. The second-order valence-electron chi connectivity index (χ2n) is 1.53. The molecule has 0 heterocycles. The van der Waals surface area contributed by atoms with Crippen LogP contribution in [0.5, 0.6) is 0 Å². The van der Waals surface area contributed by atoms with Gasteiger partial charge in [-0.25, -0.2) is 0 Å². The Balaban J connectivity index is 2.88. The molecule has 9 heavy (non-hydrogen) atoms.